The third-order valence-electron chi connectivity index (χ3n) is 3.79. The molecule has 0 unspecified atom stereocenters. The largest absolute Gasteiger partial charge is 0.490 e. The van der Waals surface area contributed by atoms with E-state index < -0.39 is 0 Å². The Morgan fingerprint density at radius 2 is 1.85 bits per heavy atom. The van der Waals surface area contributed by atoms with Crippen molar-refractivity contribution in [3.05, 3.63) is 57.3 Å². The van der Waals surface area contributed by atoms with Crippen LogP contribution in [-0.2, 0) is 13.2 Å². The van der Waals surface area contributed by atoms with Gasteiger partial charge in [-0.15, -0.1) is 0 Å². The maximum Gasteiger partial charge on any atom is 0.180 e. The van der Waals surface area contributed by atoms with E-state index in [9.17, 15) is 4.39 Å². The van der Waals surface area contributed by atoms with Gasteiger partial charge in [-0.3, -0.25) is 0 Å². The second-order valence-corrected chi connectivity index (χ2v) is 6.71. The monoisotopic (exact) mass is 399 g/mol. The van der Waals surface area contributed by atoms with Crippen LogP contribution in [0.15, 0.2) is 30.3 Å². The fourth-order valence-corrected chi connectivity index (χ4v) is 2.96. The Morgan fingerprint density at radius 3 is 2.54 bits per heavy atom. The topological polar surface area (TPSA) is 30.5 Å². The second kappa shape index (κ2) is 10.6. The summed E-state index contributed by atoms with van der Waals surface area (Å²) < 4.78 is 24.7. The average molecular weight is 400 g/mol. The van der Waals surface area contributed by atoms with Crippen LogP contribution in [0.5, 0.6) is 11.5 Å². The van der Waals surface area contributed by atoms with Gasteiger partial charge in [0.15, 0.2) is 11.5 Å². The quantitative estimate of drug-likeness (QED) is 0.496. The number of hydrogen-bond acceptors (Lipinski definition) is 3. The van der Waals surface area contributed by atoms with Gasteiger partial charge in [-0.25, -0.2) is 4.39 Å². The minimum atomic E-state index is -0.383. The Bertz CT molecular complexity index is 725. The molecule has 0 aromatic heterocycles. The van der Waals surface area contributed by atoms with Crippen LogP contribution in [0.2, 0.25) is 10.0 Å². The van der Waals surface area contributed by atoms with E-state index in [1.807, 2.05) is 19.1 Å². The van der Waals surface area contributed by atoms with E-state index in [4.69, 9.17) is 32.7 Å². The molecule has 0 bridgehead atoms. The molecular formula is C20H24Cl2FNO2. The van der Waals surface area contributed by atoms with Gasteiger partial charge in [0.05, 0.1) is 16.7 Å². The lowest BCUT2D eigenvalue weighted by Crippen LogP contribution is -2.14. The third kappa shape index (κ3) is 6.04. The molecule has 6 heteroatoms. The van der Waals surface area contributed by atoms with Gasteiger partial charge in [-0.2, -0.15) is 0 Å². The van der Waals surface area contributed by atoms with Gasteiger partial charge in [0.2, 0.25) is 0 Å². The minimum absolute atomic E-state index is 0.174. The van der Waals surface area contributed by atoms with Gasteiger partial charge in [-0.1, -0.05) is 42.6 Å². The van der Waals surface area contributed by atoms with Crippen LogP contribution in [0.25, 0.3) is 0 Å². The van der Waals surface area contributed by atoms with Crippen molar-refractivity contribution in [1.82, 2.24) is 5.32 Å². The van der Waals surface area contributed by atoms with Crippen LogP contribution in [0, 0.1) is 5.82 Å². The highest BCUT2D eigenvalue weighted by Gasteiger charge is 2.14. The first-order chi connectivity index (χ1) is 12.5. The molecule has 0 saturated heterocycles. The Morgan fingerprint density at radius 1 is 1.04 bits per heavy atom. The number of hydrogen-bond donors (Lipinski definition) is 1. The highest BCUT2D eigenvalue weighted by Crippen LogP contribution is 2.37. The molecule has 0 saturated carbocycles. The lowest BCUT2D eigenvalue weighted by molar-refractivity contribution is 0.269. The van der Waals surface area contributed by atoms with Crippen LogP contribution in [0.3, 0.4) is 0 Å². The smallest absolute Gasteiger partial charge is 0.180 e. The van der Waals surface area contributed by atoms with Crippen molar-refractivity contribution in [2.45, 2.75) is 39.8 Å². The fraction of sp³-hybridized carbons (Fsp3) is 0.400. The number of rotatable bonds is 10. The first kappa shape index (κ1) is 20.8. The van der Waals surface area contributed by atoms with Crippen molar-refractivity contribution in [1.29, 1.82) is 0 Å². The van der Waals surface area contributed by atoms with Crippen molar-refractivity contribution in [2.24, 2.45) is 0 Å². The molecule has 0 aliphatic rings. The lowest BCUT2D eigenvalue weighted by atomic mass is 10.2. The molecule has 0 spiro atoms. The molecule has 0 fully saturated rings. The van der Waals surface area contributed by atoms with E-state index >= 15 is 0 Å². The Balaban J connectivity index is 2.13. The Labute approximate surface area is 164 Å². The van der Waals surface area contributed by atoms with E-state index in [0.717, 1.165) is 24.9 Å². The lowest BCUT2D eigenvalue weighted by Gasteiger charge is -2.16. The molecule has 0 heterocycles. The molecule has 0 aliphatic carbocycles. The van der Waals surface area contributed by atoms with Gasteiger partial charge in [0.1, 0.15) is 12.4 Å². The molecular weight excluding hydrogens is 376 g/mol. The molecule has 2 aromatic carbocycles. The zero-order valence-electron chi connectivity index (χ0n) is 15.1. The molecule has 0 amide bonds. The summed E-state index contributed by atoms with van der Waals surface area (Å²) in [4.78, 5) is 0. The summed E-state index contributed by atoms with van der Waals surface area (Å²) >= 11 is 12.5. The summed E-state index contributed by atoms with van der Waals surface area (Å²) in [5, 5.41) is 4.17. The van der Waals surface area contributed by atoms with Crippen molar-refractivity contribution in [2.75, 3.05) is 13.2 Å². The van der Waals surface area contributed by atoms with Crippen LogP contribution in [0.4, 0.5) is 4.39 Å². The molecule has 0 aliphatic heterocycles. The molecule has 26 heavy (non-hydrogen) atoms. The van der Waals surface area contributed by atoms with Gasteiger partial charge in [-0.05, 0) is 49.7 Å². The Hall–Kier alpha value is -1.49. The Kier molecular flexibility index (Phi) is 8.49. The third-order valence-corrected chi connectivity index (χ3v) is 4.43. The molecule has 0 atom stereocenters. The van der Waals surface area contributed by atoms with Gasteiger partial charge in [0, 0.05) is 12.1 Å². The molecule has 1 N–H and O–H groups in total. The van der Waals surface area contributed by atoms with Crippen molar-refractivity contribution in [3.8, 4) is 11.5 Å². The maximum atomic E-state index is 13.2. The minimum Gasteiger partial charge on any atom is -0.490 e. The first-order valence-corrected chi connectivity index (χ1v) is 9.53. The second-order valence-electron chi connectivity index (χ2n) is 5.89. The summed E-state index contributed by atoms with van der Waals surface area (Å²) in [7, 11) is 0. The summed E-state index contributed by atoms with van der Waals surface area (Å²) in [6.07, 6.45) is 2.28. The van der Waals surface area contributed by atoms with E-state index in [1.54, 1.807) is 6.07 Å². The molecule has 142 valence electrons. The molecule has 3 nitrogen and oxygen atoms in total. The van der Waals surface area contributed by atoms with E-state index in [0.29, 0.717) is 40.3 Å². The fourth-order valence-electron chi connectivity index (χ4n) is 2.45. The van der Waals surface area contributed by atoms with E-state index in [2.05, 4.69) is 12.2 Å². The highest BCUT2D eigenvalue weighted by atomic mass is 35.5. The first-order valence-electron chi connectivity index (χ1n) is 8.77. The summed E-state index contributed by atoms with van der Waals surface area (Å²) in [6.45, 7) is 6.40. The summed E-state index contributed by atoms with van der Waals surface area (Å²) in [6, 6.07) is 8.00. The van der Waals surface area contributed by atoms with Gasteiger partial charge < -0.3 is 14.8 Å². The SMILES string of the molecule is CCCCNCc1cc(Cl)c(OCc2ccc(F)cc2Cl)c(OCC)c1. The number of nitrogens with one attached hydrogen (secondary N) is 1. The normalized spacial score (nSPS) is 10.8. The van der Waals surface area contributed by atoms with E-state index in [-0.39, 0.29) is 12.4 Å². The predicted octanol–water partition coefficient (Wildman–Crippen LogP) is 6.00. The number of halogens is 3. The standard InChI is InChI=1S/C20H24Cl2FNO2/c1-3-5-8-24-12-14-9-18(22)20(19(10-14)25-4-2)26-13-15-6-7-16(23)11-17(15)21/h6-7,9-11,24H,3-5,8,12-13H2,1-2H3. The van der Waals surface area contributed by atoms with Crippen molar-refractivity contribution >= 4 is 23.2 Å². The number of ether oxygens (including phenoxy) is 2. The van der Waals surface area contributed by atoms with E-state index in [1.165, 1.54) is 12.1 Å². The highest BCUT2D eigenvalue weighted by molar-refractivity contribution is 6.32. The molecule has 2 aromatic rings. The van der Waals surface area contributed by atoms with Crippen LogP contribution >= 0.6 is 23.2 Å². The summed E-state index contributed by atoms with van der Waals surface area (Å²) in [5.74, 6) is 0.670. The van der Waals surface area contributed by atoms with Crippen molar-refractivity contribution < 1.29 is 13.9 Å². The van der Waals surface area contributed by atoms with Crippen LogP contribution in [0.1, 0.15) is 37.8 Å². The van der Waals surface area contributed by atoms with Gasteiger partial charge >= 0.3 is 0 Å². The van der Waals surface area contributed by atoms with Crippen LogP contribution in [-0.4, -0.2) is 13.2 Å². The molecule has 0 radical (unpaired) electrons. The number of benzene rings is 2. The number of unbranched alkanes of at least 4 members (excludes halogenated alkanes) is 1. The maximum absolute atomic E-state index is 13.2. The zero-order chi connectivity index (χ0) is 18.9. The zero-order valence-corrected chi connectivity index (χ0v) is 16.6. The summed E-state index contributed by atoms with van der Waals surface area (Å²) in [5.41, 5.74) is 1.71. The van der Waals surface area contributed by atoms with Gasteiger partial charge in [0.25, 0.3) is 0 Å². The molecule has 2 rings (SSSR count). The van der Waals surface area contributed by atoms with Crippen molar-refractivity contribution in [3.63, 3.8) is 0 Å². The predicted molar refractivity (Wildman–Crippen MR) is 105 cm³/mol. The average Bonchev–Trinajstić information content (AvgIpc) is 2.60. The van der Waals surface area contributed by atoms with Crippen LogP contribution < -0.4 is 14.8 Å².